The normalized spacial score (nSPS) is 15.8. The molecule has 1 aromatic heterocycles. The smallest absolute Gasteiger partial charge is 0.104 e. The largest absolute Gasteiger partial charge is 0.384 e. The maximum atomic E-state index is 8.60. The van der Waals surface area contributed by atoms with Gasteiger partial charge in [0.15, 0.2) is 0 Å². The Balaban J connectivity index is 1.73. The molecule has 3 heteroatoms. The summed E-state index contributed by atoms with van der Waals surface area (Å²) in [6.45, 7) is 1.51. The minimum atomic E-state index is -0.0800. The number of rotatable bonds is 4. The van der Waals surface area contributed by atoms with E-state index in [1.807, 2.05) is 11.4 Å². The van der Waals surface area contributed by atoms with Gasteiger partial charge in [0, 0.05) is 22.4 Å². The molecule has 0 unspecified atom stereocenters. The quantitative estimate of drug-likeness (QED) is 0.833. The van der Waals surface area contributed by atoms with E-state index in [0.717, 1.165) is 18.1 Å². The topological polar surface area (TPSA) is 29.5 Å². The second-order valence-electron chi connectivity index (χ2n) is 4.43. The SMILES string of the molecule is OCC#Cc1csc(COCC2CCCC2)c1. The second kappa shape index (κ2) is 6.80. The van der Waals surface area contributed by atoms with E-state index in [4.69, 9.17) is 9.84 Å². The molecule has 2 rings (SSSR count). The highest BCUT2D eigenvalue weighted by Crippen LogP contribution is 2.25. The van der Waals surface area contributed by atoms with E-state index < -0.39 is 0 Å². The molecule has 0 radical (unpaired) electrons. The van der Waals surface area contributed by atoms with Crippen LogP contribution in [0.1, 0.15) is 36.1 Å². The summed E-state index contributed by atoms with van der Waals surface area (Å²) in [5.41, 5.74) is 0.975. The van der Waals surface area contributed by atoms with Gasteiger partial charge in [0.25, 0.3) is 0 Å². The van der Waals surface area contributed by atoms with Crippen molar-refractivity contribution in [2.75, 3.05) is 13.2 Å². The molecule has 0 spiro atoms. The molecule has 0 aliphatic heterocycles. The molecular weight excluding hydrogens is 232 g/mol. The van der Waals surface area contributed by atoms with Gasteiger partial charge in [0.05, 0.1) is 6.61 Å². The van der Waals surface area contributed by atoms with E-state index in [-0.39, 0.29) is 6.61 Å². The number of aliphatic hydroxyl groups excluding tert-OH is 1. The third-order valence-electron chi connectivity index (χ3n) is 3.04. The van der Waals surface area contributed by atoms with Crippen LogP contribution in [0.3, 0.4) is 0 Å². The molecule has 0 atom stereocenters. The van der Waals surface area contributed by atoms with Gasteiger partial charge >= 0.3 is 0 Å². The van der Waals surface area contributed by atoms with Crippen molar-refractivity contribution in [1.29, 1.82) is 0 Å². The lowest BCUT2D eigenvalue weighted by Crippen LogP contribution is -2.04. The summed E-state index contributed by atoms with van der Waals surface area (Å²) in [6, 6.07) is 2.04. The van der Waals surface area contributed by atoms with Gasteiger partial charge in [-0.15, -0.1) is 11.3 Å². The van der Waals surface area contributed by atoms with Crippen LogP contribution in [0.25, 0.3) is 0 Å². The lowest BCUT2D eigenvalue weighted by atomic mass is 10.1. The zero-order valence-corrected chi connectivity index (χ0v) is 10.8. The van der Waals surface area contributed by atoms with Crippen LogP contribution >= 0.6 is 11.3 Å². The first-order valence-corrected chi connectivity index (χ1v) is 7.01. The molecule has 1 fully saturated rings. The van der Waals surface area contributed by atoms with E-state index in [0.29, 0.717) is 6.61 Å². The molecule has 2 nitrogen and oxygen atoms in total. The lowest BCUT2D eigenvalue weighted by molar-refractivity contribution is 0.0906. The molecular formula is C14H18O2S. The Morgan fingerprint density at radius 3 is 3.00 bits per heavy atom. The Morgan fingerprint density at radius 1 is 1.41 bits per heavy atom. The van der Waals surface area contributed by atoms with Crippen molar-refractivity contribution in [3.8, 4) is 11.8 Å². The summed E-state index contributed by atoms with van der Waals surface area (Å²) in [7, 11) is 0. The van der Waals surface area contributed by atoms with Gasteiger partial charge in [0.2, 0.25) is 0 Å². The predicted octanol–water partition coefficient (Wildman–Crippen LogP) is 2.80. The Kier molecular flexibility index (Phi) is 5.06. The Hall–Kier alpha value is -0.820. The van der Waals surface area contributed by atoms with Crippen LogP contribution < -0.4 is 0 Å². The maximum Gasteiger partial charge on any atom is 0.104 e. The summed E-state index contributed by atoms with van der Waals surface area (Å²) in [5, 5.41) is 10.6. The van der Waals surface area contributed by atoms with Gasteiger partial charge in [0.1, 0.15) is 6.61 Å². The first-order valence-electron chi connectivity index (χ1n) is 6.13. The van der Waals surface area contributed by atoms with Crippen molar-refractivity contribution in [3.63, 3.8) is 0 Å². The van der Waals surface area contributed by atoms with Crippen molar-refractivity contribution < 1.29 is 9.84 Å². The van der Waals surface area contributed by atoms with E-state index in [9.17, 15) is 0 Å². The zero-order valence-electron chi connectivity index (χ0n) is 9.95. The average Bonchev–Trinajstić information content (AvgIpc) is 2.98. The molecule has 92 valence electrons. The summed E-state index contributed by atoms with van der Waals surface area (Å²) in [4.78, 5) is 1.21. The number of hydrogen-bond acceptors (Lipinski definition) is 3. The second-order valence-corrected chi connectivity index (χ2v) is 5.42. The highest BCUT2D eigenvalue weighted by Gasteiger charge is 2.14. The van der Waals surface area contributed by atoms with Gasteiger partial charge in [-0.05, 0) is 24.8 Å². The molecule has 0 aromatic carbocycles. The van der Waals surface area contributed by atoms with Crippen LogP contribution in [-0.4, -0.2) is 18.3 Å². The third-order valence-corrected chi connectivity index (χ3v) is 3.95. The van der Waals surface area contributed by atoms with Gasteiger partial charge in [-0.25, -0.2) is 0 Å². The van der Waals surface area contributed by atoms with Crippen molar-refractivity contribution >= 4 is 11.3 Å². The first kappa shape index (κ1) is 12.6. The Morgan fingerprint density at radius 2 is 2.24 bits per heavy atom. The molecule has 1 aromatic rings. The van der Waals surface area contributed by atoms with E-state index in [1.54, 1.807) is 11.3 Å². The Bertz CT molecular complexity index is 394. The summed E-state index contributed by atoms with van der Waals surface area (Å²) < 4.78 is 5.73. The van der Waals surface area contributed by atoms with Gasteiger partial charge in [-0.2, -0.15) is 0 Å². The van der Waals surface area contributed by atoms with E-state index >= 15 is 0 Å². The summed E-state index contributed by atoms with van der Waals surface area (Å²) in [6.07, 6.45) is 5.40. The monoisotopic (exact) mass is 250 g/mol. The van der Waals surface area contributed by atoms with Gasteiger partial charge in [-0.1, -0.05) is 24.7 Å². The van der Waals surface area contributed by atoms with Crippen LogP contribution in [0, 0.1) is 17.8 Å². The zero-order chi connectivity index (χ0) is 11.9. The van der Waals surface area contributed by atoms with E-state index in [1.165, 1.54) is 30.6 Å². The molecule has 0 saturated heterocycles. The Labute approximate surface area is 107 Å². The minimum Gasteiger partial charge on any atom is -0.384 e. The average molecular weight is 250 g/mol. The molecule has 1 aliphatic carbocycles. The molecule has 0 amide bonds. The number of aliphatic hydroxyl groups is 1. The fourth-order valence-electron chi connectivity index (χ4n) is 2.17. The van der Waals surface area contributed by atoms with Crippen molar-refractivity contribution in [2.45, 2.75) is 32.3 Å². The van der Waals surface area contributed by atoms with Crippen LogP contribution in [0.2, 0.25) is 0 Å². The van der Waals surface area contributed by atoms with Gasteiger partial charge in [-0.3, -0.25) is 0 Å². The van der Waals surface area contributed by atoms with Crippen LogP contribution in [0.15, 0.2) is 11.4 Å². The fourth-order valence-corrected chi connectivity index (χ4v) is 2.92. The molecule has 1 heterocycles. The van der Waals surface area contributed by atoms with Crippen molar-refractivity contribution in [1.82, 2.24) is 0 Å². The molecule has 1 saturated carbocycles. The van der Waals surface area contributed by atoms with Crippen LogP contribution in [-0.2, 0) is 11.3 Å². The highest BCUT2D eigenvalue weighted by molar-refractivity contribution is 7.10. The highest BCUT2D eigenvalue weighted by atomic mass is 32.1. The number of thiophene rings is 1. The molecule has 17 heavy (non-hydrogen) atoms. The van der Waals surface area contributed by atoms with Gasteiger partial charge < -0.3 is 9.84 Å². The van der Waals surface area contributed by atoms with Crippen molar-refractivity contribution in [3.05, 3.63) is 21.9 Å². The molecule has 1 aliphatic rings. The van der Waals surface area contributed by atoms with Crippen LogP contribution in [0.4, 0.5) is 0 Å². The number of ether oxygens (including phenoxy) is 1. The maximum absolute atomic E-state index is 8.60. The fraction of sp³-hybridized carbons (Fsp3) is 0.571. The van der Waals surface area contributed by atoms with Crippen LogP contribution in [0.5, 0.6) is 0 Å². The molecule has 1 N–H and O–H groups in total. The summed E-state index contributed by atoms with van der Waals surface area (Å²) >= 11 is 1.67. The minimum absolute atomic E-state index is 0.0800. The standard InChI is InChI=1S/C14H18O2S/c15-7-3-6-13-8-14(17-11-13)10-16-9-12-4-1-2-5-12/h8,11-12,15H,1-2,4-5,7,9-10H2. The summed E-state index contributed by atoms with van der Waals surface area (Å²) in [5.74, 6) is 6.33. The first-order chi connectivity index (χ1) is 8.38. The third kappa shape index (κ3) is 4.16. The van der Waals surface area contributed by atoms with Crippen molar-refractivity contribution in [2.24, 2.45) is 5.92 Å². The number of hydrogen-bond donors (Lipinski definition) is 1. The predicted molar refractivity (Wildman–Crippen MR) is 69.9 cm³/mol. The van der Waals surface area contributed by atoms with E-state index in [2.05, 4.69) is 11.8 Å². The molecule has 0 bridgehead atoms. The lowest BCUT2D eigenvalue weighted by Gasteiger charge is -2.08.